The number of rotatable bonds is 4. The highest BCUT2D eigenvalue weighted by Crippen LogP contribution is 2.28. The second-order valence-corrected chi connectivity index (χ2v) is 7.30. The van der Waals surface area contributed by atoms with Crippen molar-refractivity contribution < 1.29 is 9.59 Å². The van der Waals surface area contributed by atoms with Crippen LogP contribution in [0.25, 0.3) is 0 Å². The lowest BCUT2D eigenvalue weighted by atomic mass is 10.0. The molecule has 1 aliphatic heterocycles. The predicted octanol–water partition coefficient (Wildman–Crippen LogP) is 2.69. The third-order valence-corrected chi connectivity index (χ3v) is 5.47. The zero-order valence-corrected chi connectivity index (χ0v) is 15.4. The Kier molecular flexibility index (Phi) is 5.73. The van der Waals surface area contributed by atoms with E-state index in [1.54, 1.807) is 17.9 Å². The maximum absolute atomic E-state index is 12.9. The van der Waals surface area contributed by atoms with Crippen LogP contribution in [0.3, 0.4) is 0 Å². The van der Waals surface area contributed by atoms with Crippen LogP contribution in [0.4, 0.5) is 0 Å². The Balaban J connectivity index is 1.74. The third kappa shape index (κ3) is 4.03. The molecular formula is C18H20ClN3O2S. The van der Waals surface area contributed by atoms with Gasteiger partial charge in [-0.15, -0.1) is 11.3 Å². The molecule has 1 aromatic carbocycles. The molecule has 2 amide bonds. The zero-order valence-electron chi connectivity index (χ0n) is 13.9. The minimum absolute atomic E-state index is 0.101. The van der Waals surface area contributed by atoms with E-state index in [0.29, 0.717) is 23.0 Å². The molecule has 132 valence electrons. The molecule has 1 fully saturated rings. The molecule has 2 unspecified atom stereocenters. The number of carbonyl (C=O) groups is 2. The molecule has 25 heavy (non-hydrogen) atoms. The lowest BCUT2D eigenvalue weighted by molar-refractivity contribution is -0.136. The molecule has 0 radical (unpaired) electrons. The Morgan fingerprint density at radius 3 is 2.84 bits per heavy atom. The molecule has 0 spiro atoms. The fraction of sp³-hybridized carbons (Fsp3) is 0.333. The van der Waals surface area contributed by atoms with Gasteiger partial charge in [-0.3, -0.25) is 9.59 Å². The van der Waals surface area contributed by atoms with Gasteiger partial charge < -0.3 is 15.5 Å². The van der Waals surface area contributed by atoms with E-state index in [0.717, 1.165) is 12.1 Å². The van der Waals surface area contributed by atoms with Crippen molar-refractivity contribution in [3.63, 3.8) is 0 Å². The zero-order chi connectivity index (χ0) is 17.8. The van der Waals surface area contributed by atoms with Crippen LogP contribution < -0.4 is 10.6 Å². The van der Waals surface area contributed by atoms with E-state index < -0.39 is 6.04 Å². The number of nitrogens with one attached hydrogen (secondary N) is 2. The topological polar surface area (TPSA) is 61.4 Å². The number of piperazine rings is 1. The third-order valence-electron chi connectivity index (χ3n) is 4.25. The summed E-state index contributed by atoms with van der Waals surface area (Å²) in [5, 5.41) is 8.58. The molecule has 0 saturated carbocycles. The van der Waals surface area contributed by atoms with Crippen molar-refractivity contribution in [2.24, 2.45) is 0 Å². The van der Waals surface area contributed by atoms with Gasteiger partial charge in [0.15, 0.2) is 0 Å². The van der Waals surface area contributed by atoms with Crippen molar-refractivity contribution in [3.05, 3.63) is 57.2 Å². The highest BCUT2D eigenvalue weighted by molar-refractivity contribution is 7.12. The average molecular weight is 378 g/mol. The van der Waals surface area contributed by atoms with Gasteiger partial charge in [-0.2, -0.15) is 0 Å². The number of carbonyl (C=O) groups excluding carboxylic acids is 2. The molecule has 2 N–H and O–H groups in total. The Labute approximate surface area is 156 Å². The van der Waals surface area contributed by atoms with Crippen LogP contribution in [0.2, 0.25) is 5.02 Å². The van der Waals surface area contributed by atoms with Crippen LogP contribution in [0, 0.1) is 0 Å². The van der Waals surface area contributed by atoms with Crippen LogP contribution >= 0.6 is 22.9 Å². The summed E-state index contributed by atoms with van der Waals surface area (Å²) in [6.07, 6.45) is 0. The number of nitrogens with zero attached hydrogens (tertiary/aromatic N) is 1. The Morgan fingerprint density at radius 2 is 2.12 bits per heavy atom. The summed E-state index contributed by atoms with van der Waals surface area (Å²) in [7, 11) is 0. The predicted molar refractivity (Wildman–Crippen MR) is 100 cm³/mol. The first kappa shape index (κ1) is 17.9. The Bertz CT molecular complexity index is 751. The summed E-state index contributed by atoms with van der Waals surface area (Å²) in [5.74, 6) is -0.323. The summed E-state index contributed by atoms with van der Waals surface area (Å²) >= 11 is 7.68. The van der Waals surface area contributed by atoms with Crippen molar-refractivity contribution in [1.29, 1.82) is 0 Å². The van der Waals surface area contributed by atoms with Crippen LogP contribution in [0.15, 0.2) is 41.8 Å². The van der Waals surface area contributed by atoms with E-state index in [9.17, 15) is 9.59 Å². The minimum Gasteiger partial charge on any atom is -0.340 e. The standard InChI is InChI=1S/C18H20ClN3O2S/c1-12(21-17(23)16-7-4-10-25-16)18(24)22-9-8-20-11-15(22)13-5-2-3-6-14(13)19/h2-7,10,12,15,20H,8-9,11H2,1H3,(H,21,23). The normalized spacial score (nSPS) is 18.6. The van der Waals surface area contributed by atoms with Crippen LogP contribution in [-0.2, 0) is 4.79 Å². The highest BCUT2D eigenvalue weighted by Gasteiger charge is 2.32. The summed E-state index contributed by atoms with van der Waals surface area (Å²) < 4.78 is 0. The van der Waals surface area contributed by atoms with Gasteiger partial charge in [0.25, 0.3) is 5.91 Å². The van der Waals surface area contributed by atoms with E-state index in [1.807, 2.05) is 35.7 Å². The fourth-order valence-corrected chi connectivity index (χ4v) is 3.87. The second kappa shape index (κ2) is 7.99. The number of thiophene rings is 1. The van der Waals surface area contributed by atoms with Gasteiger partial charge in [-0.05, 0) is 30.0 Å². The summed E-state index contributed by atoms with van der Waals surface area (Å²) in [6.45, 7) is 3.66. The van der Waals surface area contributed by atoms with Gasteiger partial charge in [0.05, 0.1) is 10.9 Å². The molecule has 1 aromatic heterocycles. The number of halogens is 1. The highest BCUT2D eigenvalue weighted by atomic mass is 35.5. The molecule has 0 aliphatic carbocycles. The van der Waals surface area contributed by atoms with Crippen molar-refractivity contribution in [2.45, 2.75) is 19.0 Å². The molecule has 1 saturated heterocycles. The molecule has 0 bridgehead atoms. The van der Waals surface area contributed by atoms with E-state index in [4.69, 9.17) is 11.6 Å². The molecular weight excluding hydrogens is 358 g/mol. The van der Waals surface area contributed by atoms with Gasteiger partial charge >= 0.3 is 0 Å². The van der Waals surface area contributed by atoms with Crippen molar-refractivity contribution >= 4 is 34.8 Å². The van der Waals surface area contributed by atoms with Crippen LogP contribution in [0.1, 0.15) is 28.2 Å². The maximum atomic E-state index is 12.9. The van der Waals surface area contributed by atoms with E-state index in [1.165, 1.54) is 11.3 Å². The lowest BCUT2D eigenvalue weighted by Gasteiger charge is -2.38. The Morgan fingerprint density at radius 1 is 1.32 bits per heavy atom. The first-order valence-electron chi connectivity index (χ1n) is 8.18. The lowest BCUT2D eigenvalue weighted by Crippen LogP contribution is -2.54. The van der Waals surface area contributed by atoms with Crippen molar-refractivity contribution in [2.75, 3.05) is 19.6 Å². The molecule has 5 nitrogen and oxygen atoms in total. The smallest absolute Gasteiger partial charge is 0.261 e. The van der Waals surface area contributed by atoms with Crippen LogP contribution in [-0.4, -0.2) is 42.4 Å². The Hall–Kier alpha value is -1.89. The molecule has 1 aliphatic rings. The number of hydrogen-bond donors (Lipinski definition) is 2. The van der Waals surface area contributed by atoms with Crippen LogP contribution in [0.5, 0.6) is 0 Å². The van der Waals surface area contributed by atoms with Gasteiger partial charge in [0.1, 0.15) is 6.04 Å². The number of hydrogen-bond acceptors (Lipinski definition) is 4. The van der Waals surface area contributed by atoms with Gasteiger partial charge in [0, 0.05) is 24.7 Å². The number of amides is 2. The summed E-state index contributed by atoms with van der Waals surface area (Å²) in [4.78, 5) is 27.5. The quantitative estimate of drug-likeness (QED) is 0.861. The molecule has 2 aromatic rings. The summed E-state index contributed by atoms with van der Waals surface area (Å²) in [5.41, 5.74) is 0.918. The van der Waals surface area contributed by atoms with E-state index in [-0.39, 0.29) is 17.9 Å². The number of benzene rings is 1. The van der Waals surface area contributed by atoms with E-state index >= 15 is 0 Å². The SMILES string of the molecule is CC(NC(=O)c1cccs1)C(=O)N1CCNCC1c1ccccc1Cl. The largest absolute Gasteiger partial charge is 0.340 e. The molecule has 2 heterocycles. The first-order valence-corrected chi connectivity index (χ1v) is 9.43. The monoisotopic (exact) mass is 377 g/mol. The van der Waals surface area contributed by atoms with Gasteiger partial charge in [-0.25, -0.2) is 0 Å². The van der Waals surface area contributed by atoms with E-state index in [2.05, 4.69) is 10.6 Å². The van der Waals surface area contributed by atoms with Crippen molar-refractivity contribution in [1.82, 2.24) is 15.5 Å². The molecule has 2 atom stereocenters. The van der Waals surface area contributed by atoms with Gasteiger partial charge in [0.2, 0.25) is 5.91 Å². The molecule has 3 rings (SSSR count). The minimum atomic E-state index is -0.599. The second-order valence-electron chi connectivity index (χ2n) is 5.95. The van der Waals surface area contributed by atoms with Gasteiger partial charge in [-0.1, -0.05) is 35.9 Å². The fourth-order valence-electron chi connectivity index (χ4n) is 2.98. The summed E-state index contributed by atoms with van der Waals surface area (Å²) in [6, 6.07) is 10.4. The first-order chi connectivity index (χ1) is 12.1. The van der Waals surface area contributed by atoms with Crippen molar-refractivity contribution in [3.8, 4) is 0 Å². The average Bonchev–Trinajstić information content (AvgIpc) is 3.16. The maximum Gasteiger partial charge on any atom is 0.261 e. The molecule has 7 heteroatoms.